The molecule has 1 aliphatic rings. The number of nitrogens with zero attached hydrogens (tertiary/aromatic N) is 1. The van der Waals surface area contributed by atoms with Gasteiger partial charge in [0.05, 0.1) is 16.6 Å². The number of nitrogens with one attached hydrogen (secondary N) is 1. The third kappa shape index (κ3) is 3.92. The van der Waals surface area contributed by atoms with Crippen molar-refractivity contribution >= 4 is 58.0 Å². The lowest BCUT2D eigenvalue weighted by atomic mass is 10.1. The summed E-state index contributed by atoms with van der Waals surface area (Å²) in [6.45, 7) is 2.20. The lowest BCUT2D eigenvalue weighted by molar-refractivity contribution is -0.122. The minimum Gasteiger partial charge on any atom is -0.324 e. The molecule has 1 N–H and O–H groups in total. The van der Waals surface area contributed by atoms with Gasteiger partial charge in [-0.1, -0.05) is 34.8 Å². The second kappa shape index (κ2) is 7.24. The number of aryl methyl sites for hydroxylation is 1. The van der Waals surface area contributed by atoms with E-state index in [9.17, 15) is 9.59 Å². The third-order valence-corrected chi connectivity index (χ3v) is 4.92. The minimum absolute atomic E-state index is 0.0900. The average Bonchev–Trinajstić information content (AvgIpc) is 2.92. The van der Waals surface area contributed by atoms with Crippen LogP contribution in [0.5, 0.6) is 0 Å². The van der Waals surface area contributed by atoms with Crippen LogP contribution in [0.2, 0.25) is 15.1 Å². The maximum Gasteiger partial charge on any atom is 0.229 e. The molecule has 0 saturated carbocycles. The van der Waals surface area contributed by atoms with Crippen LogP contribution in [0.25, 0.3) is 0 Å². The first-order chi connectivity index (χ1) is 11.8. The van der Waals surface area contributed by atoms with E-state index in [1.165, 1.54) is 0 Å². The second-order valence-electron chi connectivity index (χ2n) is 5.95. The first-order valence-corrected chi connectivity index (χ1v) is 8.81. The van der Waals surface area contributed by atoms with E-state index in [2.05, 4.69) is 5.32 Å². The van der Waals surface area contributed by atoms with Crippen LogP contribution in [0, 0.1) is 12.8 Å². The van der Waals surface area contributed by atoms with Crippen molar-refractivity contribution in [3.05, 3.63) is 57.0 Å². The van der Waals surface area contributed by atoms with Gasteiger partial charge in [0.25, 0.3) is 0 Å². The Bertz CT molecular complexity index is 854. The van der Waals surface area contributed by atoms with Gasteiger partial charge < -0.3 is 10.2 Å². The van der Waals surface area contributed by atoms with Gasteiger partial charge >= 0.3 is 0 Å². The molecule has 1 heterocycles. The van der Waals surface area contributed by atoms with Gasteiger partial charge in [0.15, 0.2) is 0 Å². The first kappa shape index (κ1) is 18.1. The largest absolute Gasteiger partial charge is 0.324 e. The second-order valence-corrected chi connectivity index (χ2v) is 7.23. The van der Waals surface area contributed by atoms with Gasteiger partial charge in [0.2, 0.25) is 11.8 Å². The van der Waals surface area contributed by atoms with Gasteiger partial charge in [-0.15, -0.1) is 0 Å². The van der Waals surface area contributed by atoms with Crippen LogP contribution in [-0.2, 0) is 9.59 Å². The van der Waals surface area contributed by atoms with Crippen molar-refractivity contribution in [3.63, 3.8) is 0 Å². The highest BCUT2D eigenvalue weighted by molar-refractivity contribution is 6.36. The third-order valence-electron chi connectivity index (χ3n) is 4.13. The number of amides is 2. The minimum atomic E-state index is -0.450. The summed E-state index contributed by atoms with van der Waals surface area (Å²) in [5.74, 6) is -0.784. The lowest BCUT2D eigenvalue weighted by Gasteiger charge is -2.19. The summed E-state index contributed by atoms with van der Waals surface area (Å²) < 4.78 is 0. The zero-order chi connectivity index (χ0) is 18.1. The highest BCUT2D eigenvalue weighted by Gasteiger charge is 2.35. The predicted molar refractivity (Wildman–Crippen MR) is 102 cm³/mol. The Morgan fingerprint density at radius 3 is 2.48 bits per heavy atom. The molecule has 130 valence electrons. The van der Waals surface area contributed by atoms with Gasteiger partial charge in [0, 0.05) is 28.7 Å². The maximum atomic E-state index is 12.5. The molecule has 4 nitrogen and oxygen atoms in total. The smallest absolute Gasteiger partial charge is 0.229 e. The summed E-state index contributed by atoms with van der Waals surface area (Å²) >= 11 is 17.9. The average molecular weight is 398 g/mol. The summed E-state index contributed by atoms with van der Waals surface area (Å²) in [6, 6.07) is 10.2. The van der Waals surface area contributed by atoms with Gasteiger partial charge in [-0.05, 0) is 48.9 Å². The van der Waals surface area contributed by atoms with E-state index in [0.29, 0.717) is 27.3 Å². The molecule has 25 heavy (non-hydrogen) atoms. The molecule has 1 atom stereocenters. The molecule has 0 aromatic heterocycles. The normalized spacial score (nSPS) is 17.0. The van der Waals surface area contributed by atoms with Crippen molar-refractivity contribution in [2.75, 3.05) is 16.8 Å². The Morgan fingerprint density at radius 1 is 1.12 bits per heavy atom. The van der Waals surface area contributed by atoms with E-state index in [-0.39, 0.29) is 18.2 Å². The number of hydrogen-bond acceptors (Lipinski definition) is 2. The molecular weight excluding hydrogens is 383 g/mol. The zero-order valence-corrected chi connectivity index (χ0v) is 15.6. The van der Waals surface area contributed by atoms with Crippen molar-refractivity contribution in [2.45, 2.75) is 13.3 Å². The van der Waals surface area contributed by atoms with Crippen LogP contribution in [0.3, 0.4) is 0 Å². The highest BCUT2D eigenvalue weighted by Crippen LogP contribution is 2.31. The predicted octanol–water partition coefficient (Wildman–Crippen LogP) is 4.95. The maximum absolute atomic E-state index is 12.5. The van der Waals surface area contributed by atoms with E-state index in [4.69, 9.17) is 34.8 Å². The van der Waals surface area contributed by atoms with E-state index in [1.807, 2.05) is 6.92 Å². The number of carbonyl (C=O) groups is 2. The topological polar surface area (TPSA) is 49.4 Å². The molecule has 0 radical (unpaired) electrons. The van der Waals surface area contributed by atoms with Crippen LogP contribution in [0.15, 0.2) is 36.4 Å². The molecular formula is C18H15Cl3N2O2. The molecule has 2 aromatic rings. The van der Waals surface area contributed by atoms with Crippen molar-refractivity contribution in [3.8, 4) is 0 Å². The van der Waals surface area contributed by atoms with Crippen LogP contribution in [0.1, 0.15) is 12.0 Å². The Labute approximate surface area is 160 Å². The van der Waals surface area contributed by atoms with Crippen LogP contribution in [0.4, 0.5) is 11.4 Å². The number of halogens is 3. The fourth-order valence-electron chi connectivity index (χ4n) is 2.86. The summed E-state index contributed by atoms with van der Waals surface area (Å²) in [4.78, 5) is 26.5. The van der Waals surface area contributed by atoms with Crippen LogP contribution >= 0.6 is 34.8 Å². The summed E-state index contributed by atoms with van der Waals surface area (Å²) in [5.41, 5.74) is 2.14. The Morgan fingerprint density at radius 2 is 1.80 bits per heavy atom. The molecule has 2 amide bonds. The summed E-state index contributed by atoms with van der Waals surface area (Å²) in [7, 11) is 0. The fourth-order valence-corrected chi connectivity index (χ4v) is 3.55. The number of carbonyl (C=O) groups excluding carboxylic acids is 2. The Hall–Kier alpha value is -1.75. The molecule has 0 bridgehead atoms. The molecule has 0 aliphatic carbocycles. The Balaban J connectivity index is 1.74. The number of anilines is 2. The number of hydrogen-bond donors (Lipinski definition) is 1. The number of benzene rings is 2. The van der Waals surface area contributed by atoms with Crippen molar-refractivity contribution < 1.29 is 9.59 Å². The van der Waals surface area contributed by atoms with Crippen molar-refractivity contribution in [1.82, 2.24) is 0 Å². The van der Waals surface area contributed by atoms with Gasteiger partial charge in [-0.25, -0.2) is 0 Å². The SMILES string of the molecule is Cc1cc(Cl)ccc1N1CC(C(=O)Nc2ccc(Cl)cc2Cl)CC1=O. The van der Waals surface area contributed by atoms with E-state index >= 15 is 0 Å². The van der Waals surface area contributed by atoms with E-state index < -0.39 is 5.92 Å². The fraction of sp³-hybridized carbons (Fsp3) is 0.222. The van der Waals surface area contributed by atoms with Crippen LogP contribution < -0.4 is 10.2 Å². The molecule has 2 aromatic carbocycles. The van der Waals surface area contributed by atoms with Crippen LogP contribution in [-0.4, -0.2) is 18.4 Å². The monoisotopic (exact) mass is 396 g/mol. The molecule has 0 spiro atoms. The Kier molecular flexibility index (Phi) is 5.23. The standard InChI is InChI=1S/C18H15Cl3N2O2/c1-10-6-12(19)3-5-16(10)23-9-11(7-17(23)24)18(25)22-15-4-2-13(20)8-14(15)21/h2-6,8,11H,7,9H2,1H3,(H,22,25). The van der Waals surface area contributed by atoms with E-state index in [0.717, 1.165) is 11.3 Å². The molecule has 7 heteroatoms. The molecule has 3 rings (SSSR count). The molecule has 1 unspecified atom stereocenters. The first-order valence-electron chi connectivity index (χ1n) is 7.67. The van der Waals surface area contributed by atoms with Crippen molar-refractivity contribution in [2.24, 2.45) is 5.92 Å². The molecule has 1 aliphatic heterocycles. The number of rotatable bonds is 3. The van der Waals surface area contributed by atoms with Gasteiger partial charge in [-0.3, -0.25) is 9.59 Å². The zero-order valence-electron chi connectivity index (χ0n) is 13.4. The molecule has 1 fully saturated rings. The molecule has 1 saturated heterocycles. The summed E-state index contributed by atoms with van der Waals surface area (Å²) in [6.07, 6.45) is 0.152. The van der Waals surface area contributed by atoms with Gasteiger partial charge in [0.1, 0.15) is 0 Å². The quantitative estimate of drug-likeness (QED) is 0.797. The van der Waals surface area contributed by atoms with Crippen molar-refractivity contribution in [1.29, 1.82) is 0 Å². The highest BCUT2D eigenvalue weighted by atomic mass is 35.5. The van der Waals surface area contributed by atoms with Gasteiger partial charge in [-0.2, -0.15) is 0 Å². The van der Waals surface area contributed by atoms with E-state index in [1.54, 1.807) is 41.3 Å². The lowest BCUT2D eigenvalue weighted by Crippen LogP contribution is -2.28. The summed E-state index contributed by atoms with van der Waals surface area (Å²) in [5, 5.41) is 4.22.